The molecule has 0 aromatic rings. The van der Waals surface area contributed by atoms with E-state index in [1.165, 1.54) is 26.6 Å². The summed E-state index contributed by atoms with van der Waals surface area (Å²) in [6, 6.07) is 0.524. The van der Waals surface area contributed by atoms with Gasteiger partial charge in [-0.2, -0.15) is 0 Å². The zero-order valence-electron chi connectivity index (χ0n) is 14.4. The zero-order chi connectivity index (χ0) is 15.7. The van der Waals surface area contributed by atoms with E-state index < -0.39 is 5.54 Å². The molecule has 21 heavy (non-hydrogen) atoms. The molecule has 0 bridgehead atoms. The minimum absolute atomic E-state index is 0.0848. The Bertz CT molecular complexity index is 377. The Kier molecular flexibility index (Phi) is 4.99. The maximum Gasteiger partial charge on any atom is 0.326 e. The molecule has 4 nitrogen and oxygen atoms in total. The number of nitrogens with one attached hydrogen (secondary N) is 1. The Morgan fingerprint density at radius 1 is 1.38 bits per heavy atom. The van der Waals surface area contributed by atoms with E-state index in [1.54, 1.807) is 0 Å². The second-order valence-electron chi connectivity index (χ2n) is 7.85. The normalized spacial score (nSPS) is 34.3. The third kappa shape index (κ3) is 3.42. The van der Waals surface area contributed by atoms with Crippen molar-refractivity contribution in [1.82, 2.24) is 10.2 Å². The molecule has 2 aliphatic rings. The van der Waals surface area contributed by atoms with E-state index in [-0.39, 0.29) is 5.97 Å². The Balaban J connectivity index is 2.00. The van der Waals surface area contributed by atoms with E-state index in [4.69, 9.17) is 4.74 Å². The van der Waals surface area contributed by atoms with Crippen LogP contribution in [0.5, 0.6) is 0 Å². The first kappa shape index (κ1) is 16.8. The summed E-state index contributed by atoms with van der Waals surface area (Å²) in [5, 5.41) is 3.40. The van der Waals surface area contributed by atoms with Crippen molar-refractivity contribution in [3.05, 3.63) is 0 Å². The molecule has 1 aliphatic heterocycles. The van der Waals surface area contributed by atoms with Crippen molar-refractivity contribution in [2.24, 2.45) is 11.3 Å². The van der Waals surface area contributed by atoms with Crippen LogP contribution >= 0.6 is 0 Å². The van der Waals surface area contributed by atoms with Gasteiger partial charge in [0.05, 0.1) is 7.11 Å². The molecule has 1 saturated heterocycles. The lowest BCUT2D eigenvalue weighted by Crippen LogP contribution is -2.51. The summed E-state index contributed by atoms with van der Waals surface area (Å²) in [6.07, 6.45) is 4.17. The number of carbonyl (C=O) groups is 1. The van der Waals surface area contributed by atoms with E-state index in [0.717, 1.165) is 31.7 Å². The van der Waals surface area contributed by atoms with Crippen molar-refractivity contribution < 1.29 is 9.53 Å². The van der Waals surface area contributed by atoms with Crippen LogP contribution in [-0.2, 0) is 9.53 Å². The third-order valence-corrected chi connectivity index (χ3v) is 5.54. The summed E-state index contributed by atoms with van der Waals surface area (Å²) < 4.78 is 5.06. The molecule has 3 atom stereocenters. The van der Waals surface area contributed by atoms with Gasteiger partial charge in [0.2, 0.25) is 0 Å². The van der Waals surface area contributed by atoms with Crippen LogP contribution in [-0.4, -0.2) is 49.2 Å². The van der Waals surface area contributed by atoms with Crippen LogP contribution in [0.25, 0.3) is 0 Å². The molecule has 1 aliphatic carbocycles. The summed E-state index contributed by atoms with van der Waals surface area (Å²) in [6.45, 7) is 12.2. The first-order valence-electron chi connectivity index (χ1n) is 8.40. The Morgan fingerprint density at radius 3 is 2.62 bits per heavy atom. The van der Waals surface area contributed by atoms with Crippen molar-refractivity contribution in [3.63, 3.8) is 0 Å². The van der Waals surface area contributed by atoms with Crippen molar-refractivity contribution >= 4 is 5.97 Å². The number of nitrogens with zero attached hydrogens (tertiary/aromatic N) is 1. The van der Waals surface area contributed by atoms with Crippen LogP contribution in [0.4, 0.5) is 0 Å². The SMILES string of the molecule is CCNC1(C(=O)OC)CCC(N2CCC(C(C)(C)C)C2)C1. The molecule has 0 spiro atoms. The molecule has 1 saturated carbocycles. The molecule has 0 aromatic heterocycles. The van der Waals surface area contributed by atoms with Crippen LogP contribution in [0, 0.1) is 11.3 Å². The largest absolute Gasteiger partial charge is 0.468 e. The highest BCUT2D eigenvalue weighted by Gasteiger charge is 2.48. The first-order valence-corrected chi connectivity index (χ1v) is 8.40. The number of esters is 1. The molecule has 1 N–H and O–H groups in total. The second kappa shape index (κ2) is 6.25. The highest BCUT2D eigenvalue weighted by atomic mass is 16.5. The molecular weight excluding hydrogens is 264 g/mol. The van der Waals surface area contributed by atoms with E-state index >= 15 is 0 Å². The summed E-state index contributed by atoms with van der Waals surface area (Å²) in [5.41, 5.74) is -0.0670. The number of ether oxygens (including phenoxy) is 1. The van der Waals surface area contributed by atoms with Crippen LogP contribution in [0.2, 0.25) is 0 Å². The van der Waals surface area contributed by atoms with Gasteiger partial charge in [0, 0.05) is 12.6 Å². The maximum absolute atomic E-state index is 12.2. The molecule has 0 aromatic carbocycles. The Morgan fingerprint density at radius 2 is 2.10 bits per heavy atom. The number of likely N-dealkylation sites (N-methyl/N-ethyl adjacent to an activating group) is 1. The number of likely N-dealkylation sites (tertiary alicyclic amines) is 1. The smallest absolute Gasteiger partial charge is 0.326 e. The lowest BCUT2D eigenvalue weighted by Gasteiger charge is -2.31. The molecule has 0 amide bonds. The van der Waals surface area contributed by atoms with Gasteiger partial charge in [0.25, 0.3) is 0 Å². The lowest BCUT2D eigenvalue weighted by molar-refractivity contribution is -0.148. The quantitative estimate of drug-likeness (QED) is 0.809. The first-order chi connectivity index (χ1) is 9.82. The fourth-order valence-corrected chi connectivity index (χ4v) is 4.11. The summed E-state index contributed by atoms with van der Waals surface area (Å²) in [5.74, 6) is 0.683. The number of hydrogen-bond donors (Lipinski definition) is 1. The maximum atomic E-state index is 12.2. The second-order valence-corrected chi connectivity index (χ2v) is 7.85. The standard InChI is InChI=1S/C17H32N2O2/c1-6-18-17(15(20)21-5)9-7-14(11-17)19-10-8-13(12-19)16(2,3)4/h13-14,18H,6-12H2,1-5H3. The molecule has 2 fully saturated rings. The van der Waals surface area contributed by atoms with Gasteiger partial charge < -0.3 is 10.1 Å². The van der Waals surface area contributed by atoms with E-state index in [0.29, 0.717) is 11.5 Å². The average Bonchev–Trinajstić information content (AvgIpc) is 3.04. The van der Waals surface area contributed by atoms with Gasteiger partial charge in [-0.1, -0.05) is 27.7 Å². The topological polar surface area (TPSA) is 41.6 Å². The fraction of sp³-hybridized carbons (Fsp3) is 0.941. The molecule has 1 heterocycles. The van der Waals surface area contributed by atoms with E-state index in [2.05, 4.69) is 37.9 Å². The Hall–Kier alpha value is -0.610. The van der Waals surface area contributed by atoms with Crippen LogP contribution in [0.1, 0.15) is 53.4 Å². The Labute approximate surface area is 129 Å². The van der Waals surface area contributed by atoms with Gasteiger partial charge in [0.1, 0.15) is 5.54 Å². The van der Waals surface area contributed by atoms with Gasteiger partial charge >= 0.3 is 5.97 Å². The number of carbonyl (C=O) groups excluding carboxylic acids is 1. The fourth-order valence-electron chi connectivity index (χ4n) is 4.11. The van der Waals surface area contributed by atoms with Gasteiger partial charge in [-0.15, -0.1) is 0 Å². The minimum Gasteiger partial charge on any atom is -0.468 e. The van der Waals surface area contributed by atoms with Gasteiger partial charge in [-0.05, 0) is 50.1 Å². The summed E-state index contributed by atoms with van der Waals surface area (Å²) >= 11 is 0. The summed E-state index contributed by atoms with van der Waals surface area (Å²) in [7, 11) is 1.50. The minimum atomic E-state index is -0.450. The highest BCUT2D eigenvalue weighted by molar-refractivity contribution is 5.81. The molecule has 122 valence electrons. The number of rotatable bonds is 4. The van der Waals surface area contributed by atoms with Crippen molar-refractivity contribution in [2.75, 3.05) is 26.7 Å². The van der Waals surface area contributed by atoms with Gasteiger partial charge in [-0.25, -0.2) is 0 Å². The molecule has 2 rings (SSSR count). The predicted molar refractivity (Wildman–Crippen MR) is 85.2 cm³/mol. The molecular formula is C17H32N2O2. The van der Waals surface area contributed by atoms with Crippen LogP contribution in [0.15, 0.2) is 0 Å². The van der Waals surface area contributed by atoms with Gasteiger partial charge in [0.15, 0.2) is 0 Å². The third-order valence-electron chi connectivity index (χ3n) is 5.54. The van der Waals surface area contributed by atoms with E-state index in [1.807, 2.05) is 0 Å². The van der Waals surface area contributed by atoms with E-state index in [9.17, 15) is 4.79 Å². The lowest BCUT2D eigenvalue weighted by atomic mass is 9.80. The van der Waals surface area contributed by atoms with Crippen LogP contribution in [0.3, 0.4) is 0 Å². The summed E-state index contributed by atoms with van der Waals surface area (Å²) in [4.78, 5) is 14.8. The number of hydrogen-bond acceptors (Lipinski definition) is 4. The van der Waals surface area contributed by atoms with Crippen LogP contribution < -0.4 is 5.32 Å². The monoisotopic (exact) mass is 296 g/mol. The van der Waals surface area contributed by atoms with Gasteiger partial charge in [-0.3, -0.25) is 9.69 Å². The predicted octanol–water partition coefficient (Wildman–Crippen LogP) is 2.43. The molecule has 0 radical (unpaired) electrons. The van der Waals surface area contributed by atoms with Crippen molar-refractivity contribution in [3.8, 4) is 0 Å². The average molecular weight is 296 g/mol. The highest BCUT2D eigenvalue weighted by Crippen LogP contribution is 2.40. The molecule has 4 heteroatoms. The van der Waals surface area contributed by atoms with Crippen molar-refractivity contribution in [1.29, 1.82) is 0 Å². The molecule has 3 unspecified atom stereocenters. The zero-order valence-corrected chi connectivity index (χ0v) is 14.4. The number of methoxy groups -OCH3 is 1. The van der Waals surface area contributed by atoms with Crippen molar-refractivity contribution in [2.45, 2.75) is 65.0 Å².